The standard InChI is InChI=1S/C16H15N3O/c1-11(17)14-6-4-8-18-16(14)20-13-9-12-5-2-3-7-15(12)19-10-13/h2-11H,17H2,1H3. The van der Waals surface area contributed by atoms with Crippen molar-refractivity contribution in [1.29, 1.82) is 0 Å². The molecule has 0 fully saturated rings. The van der Waals surface area contributed by atoms with Crippen LogP contribution in [0.3, 0.4) is 0 Å². The zero-order valence-electron chi connectivity index (χ0n) is 11.2. The van der Waals surface area contributed by atoms with E-state index in [-0.39, 0.29) is 6.04 Å². The molecule has 0 saturated carbocycles. The van der Waals surface area contributed by atoms with E-state index in [9.17, 15) is 0 Å². The third kappa shape index (κ3) is 2.46. The maximum Gasteiger partial charge on any atom is 0.224 e. The number of pyridine rings is 2. The molecule has 4 heteroatoms. The molecule has 100 valence electrons. The molecule has 0 aliphatic rings. The number of hydrogen-bond donors (Lipinski definition) is 1. The summed E-state index contributed by atoms with van der Waals surface area (Å²) in [5, 5.41) is 1.03. The Morgan fingerprint density at radius 2 is 1.95 bits per heavy atom. The highest BCUT2D eigenvalue weighted by atomic mass is 16.5. The van der Waals surface area contributed by atoms with Gasteiger partial charge in [0.15, 0.2) is 0 Å². The molecule has 0 saturated heterocycles. The Morgan fingerprint density at radius 1 is 1.10 bits per heavy atom. The van der Waals surface area contributed by atoms with Crippen LogP contribution in [0.5, 0.6) is 11.6 Å². The summed E-state index contributed by atoms with van der Waals surface area (Å²) in [5.41, 5.74) is 7.74. The molecule has 0 aliphatic carbocycles. The molecule has 3 aromatic rings. The molecule has 1 atom stereocenters. The Bertz CT molecular complexity index is 740. The van der Waals surface area contributed by atoms with Crippen molar-refractivity contribution >= 4 is 10.9 Å². The van der Waals surface area contributed by atoms with Gasteiger partial charge in [-0.05, 0) is 25.1 Å². The van der Waals surface area contributed by atoms with Gasteiger partial charge < -0.3 is 10.5 Å². The van der Waals surface area contributed by atoms with Crippen molar-refractivity contribution in [2.75, 3.05) is 0 Å². The second-order valence-corrected chi connectivity index (χ2v) is 4.65. The van der Waals surface area contributed by atoms with Crippen LogP contribution in [0.25, 0.3) is 10.9 Å². The normalized spacial score (nSPS) is 12.3. The number of hydrogen-bond acceptors (Lipinski definition) is 4. The minimum atomic E-state index is -0.132. The van der Waals surface area contributed by atoms with Crippen molar-refractivity contribution < 1.29 is 4.74 Å². The minimum absolute atomic E-state index is 0.132. The monoisotopic (exact) mass is 265 g/mol. The maximum absolute atomic E-state index is 5.92. The number of ether oxygens (including phenoxy) is 1. The van der Waals surface area contributed by atoms with E-state index in [1.165, 1.54) is 0 Å². The van der Waals surface area contributed by atoms with E-state index in [4.69, 9.17) is 10.5 Å². The number of fused-ring (bicyclic) bond motifs is 1. The summed E-state index contributed by atoms with van der Waals surface area (Å²) in [6, 6.07) is 13.5. The Hall–Kier alpha value is -2.46. The molecule has 3 rings (SSSR count). The lowest BCUT2D eigenvalue weighted by Crippen LogP contribution is -2.07. The third-order valence-corrected chi connectivity index (χ3v) is 3.07. The van der Waals surface area contributed by atoms with Crippen LogP contribution in [0, 0.1) is 0 Å². The smallest absolute Gasteiger partial charge is 0.224 e. The molecule has 0 radical (unpaired) electrons. The fraction of sp³-hybridized carbons (Fsp3) is 0.125. The van der Waals surface area contributed by atoms with Crippen molar-refractivity contribution in [2.45, 2.75) is 13.0 Å². The molecule has 1 unspecified atom stereocenters. The molecule has 1 aromatic carbocycles. The first-order valence-corrected chi connectivity index (χ1v) is 6.47. The van der Waals surface area contributed by atoms with E-state index in [0.717, 1.165) is 16.5 Å². The van der Waals surface area contributed by atoms with Gasteiger partial charge in [-0.3, -0.25) is 4.98 Å². The molecule has 4 nitrogen and oxygen atoms in total. The van der Waals surface area contributed by atoms with Crippen molar-refractivity contribution in [3.8, 4) is 11.6 Å². The first-order valence-electron chi connectivity index (χ1n) is 6.47. The van der Waals surface area contributed by atoms with Crippen LogP contribution >= 0.6 is 0 Å². The highest BCUT2D eigenvalue weighted by Crippen LogP contribution is 2.27. The van der Waals surface area contributed by atoms with Gasteiger partial charge in [0.1, 0.15) is 5.75 Å². The van der Waals surface area contributed by atoms with Gasteiger partial charge in [-0.2, -0.15) is 0 Å². The third-order valence-electron chi connectivity index (χ3n) is 3.07. The summed E-state index contributed by atoms with van der Waals surface area (Å²) in [4.78, 5) is 8.61. The fourth-order valence-electron chi connectivity index (χ4n) is 2.05. The largest absolute Gasteiger partial charge is 0.437 e. The van der Waals surface area contributed by atoms with E-state index in [1.54, 1.807) is 12.4 Å². The van der Waals surface area contributed by atoms with Crippen LogP contribution < -0.4 is 10.5 Å². The number of aromatic nitrogens is 2. The second-order valence-electron chi connectivity index (χ2n) is 4.65. The Balaban J connectivity index is 1.97. The highest BCUT2D eigenvalue weighted by Gasteiger charge is 2.10. The van der Waals surface area contributed by atoms with E-state index < -0.39 is 0 Å². The van der Waals surface area contributed by atoms with Crippen LogP contribution in [0.2, 0.25) is 0 Å². The first kappa shape index (κ1) is 12.6. The summed E-state index contributed by atoms with van der Waals surface area (Å²) >= 11 is 0. The number of para-hydroxylation sites is 1. The Morgan fingerprint density at radius 3 is 2.80 bits per heavy atom. The average molecular weight is 265 g/mol. The highest BCUT2D eigenvalue weighted by molar-refractivity contribution is 5.79. The predicted octanol–water partition coefficient (Wildman–Crippen LogP) is 3.44. The second kappa shape index (κ2) is 5.27. The minimum Gasteiger partial charge on any atom is -0.437 e. The van der Waals surface area contributed by atoms with Gasteiger partial charge in [0, 0.05) is 23.2 Å². The van der Waals surface area contributed by atoms with Gasteiger partial charge in [0.2, 0.25) is 5.88 Å². The van der Waals surface area contributed by atoms with Gasteiger partial charge >= 0.3 is 0 Å². The van der Waals surface area contributed by atoms with Crippen molar-refractivity contribution in [2.24, 2.45) is 5.73 Å². The van der Waals surface area contributed by atoms with E-state index in [0.29, 0.717) is 11.6 Å². The number of rotatable bonds is 3. The molecule has 2 N–H and O–H groups in total. The van der Waals surface area contributed by atoms with Gasteiger partial charge in [-0.15, -0.1) is 0 Å². The van der Waals surface area contributed by atoms with Gasteiger partial charge in [0.25, 0.3) is 0 Å². The lowest BCUT2D eigenvalue weighted by Gasteiger charge is -2.12. The van der Waals surface area contributed by atoms with Crippen molar-refractivity contribution in [1.82, 2.24) is 9.97 Å². The Labute approximate surface area is 117 Å². The van der Waals surface area contributed by atoms with E-state index >= 15 is 0 Å². The lowest BCUT2D eigenvalue weighted by atomic mass is 10.1. The van der Waals surface area contributed by atoms with Crippen LogP contribution in [-0.4, -0.2) is 9.97 Å². The molecular formula is C16H15N3O. The molecule has 0 bridgehead atoms. The van der Waals surface area contributed by atoms with E-state index in [1.807, 2.05) is 49.4 Å². The molecule has 0 aliphatic heterocycles. The molecular weight excluding hydrogens is 250 g/mol. The van der Waals surface area contributed by atoms with Crippen LogP contribution in [0.4, 0.5) is 0 Å². The van der Waals surface area contributed by atoms with Crippen LogP contribution in [0.1, 0.15) is 18.5 Å². The molecule has 0 spiro atoms. The number of nitrogens with zero attached hydrogens (tertiary/aromatic N) is 2. The average Bonchev–Trinajstić information content (AvgIpc) is 2.47. The van der Waals surface area contributed by atoms with E-state index in [2.05, 4.69) is 9.97 Å². The molecule has 0 amide bonds. The van der Waals surface area contributed by atoms with Crippen LogP contribution in [0.15, 0.2) is 54.9 Å². The summed E-state index contributed by atoms with van der Waals surface area (Å²) < 4.78 is 5.83. The Kier molecular flexibility index (Phi) is 3.31. The summed E-state index contributed by atoms with van der Waals surface area (Å²) in [6.07, 6.45) is 3.39. The number of benzene rings is 1. The van der Waals surface area contributed by atoms with Gasteiger partial charge in [-0.1, -0.05) is 24.3 Å². The molecule has 2 aromatic heterocycles. The number of nitrogens with two attached hydrogens (primary N) is 1. The topological polar surface area (TPSA) is 61.0 Å². The van der Waals surface area contributed by atoms with Crippen molar-refractivity contribution in [3.05, 3.63) is 60.4 Å². The molecule has 2 heterocycles. The van der Waals surface area contributed by atoms with Gasteiger partial charge in [0.05, 0.1) is 11.7 Å². The lowest BCUT2D eigenvalue weighted by molar-refractivity contribution is 0.451. The summed E-state index contributed by atoms with van der Waals surface area (Å²) in [7, 11) is 0. The summed E-state index contributed by atoms with van der Waals surface area (Å²) in [6.45, 7) is 1.91. The van der Waals surface area contributed by atoms with Crippen molar-refractivity contribution in [3.63, 3.8) is 0 Å². The predicted molar refractivity (Wildman–Crippen MR) is 78.7 cm³/mol. The zero-order valence-corrected chi connectivity index (χ0v) is 11.2. The van der Waals surface area contributed by atoms with Crippen LogP contribution in [-0.2, 0) is 0 Å². The zero-order chi connectivity index (χ0) is 13.9. The summed E-state index contributed by atoms with van der Waals surface area (Å²) in [5.74, 6) is 1.18. The maximum atomic E-state index is 5.92. The van der Waals surface area contributed by atoms with Gasteiger partial charge in [-0.25, -0.2) is 4.98 Å². The SMILES string of the molecule is CC(N)c1cccnc1Oc1cnc2ccccc2c1. The fourth-order valence-corrected chi connectivity index (χ4v) is 2.05. The first-order chi connectivity index (χ1) is 9.74. The molecule has 20 heavy (non-hydrogen) atoms. The quantitative estimate of drug-likeness (QED) is 0.788.